The largest absolute Gasteiger partial charge is 0.439 e. The van der Waals surface area contributed by atoms with E-state index in [9.17, 15) is 0 Å². The first kappa shape index (κ1) is 16.7. The molecular formula is C18H14ClN5O. The van der Waals surface area contributed by atoms with Gasteiger partial charge in [-0.25, -0.2) is 19.8 Å². The molecule has 0 fully saturated rings. The summed E-state index contributed by atoms with van der Waals surface area (Å²) in [5.41, 5.74) is 1.65. The molecule has 0 unspecified atom stereocenters. The Morgan fingerprint density at radius 1 is 1.08 bits per heavy atom. The van der Waals surface area contributed by atoms with Gasteiger partial charge in [0.1, 0.15) is 23.0 Å². The van der Waals surface area contributed by atoms with Crippen LogP contribution in [-0.4, -0.2) is 21.5 Å². The van der Waals surface area contributed by atoms with E-state index >= 15 is 0 Å². The fourth-order valence-corrected chi connectivity index (χ4v) is 2.26. The maximum atomic E-state index is 6.91. The number of nitrogens with one attached hydrogen (secondary N) is 1. The van der Waals surface area contributed by atoms with Crippen LogP contribution in [0.5, 0.6) is 11.6 Å². The lowest BCUT2D eigenvalue weighted by Crippen LogP contribution is -2.06. The van der Waals surface area contributed by atoms with Crippen molar-refractivity contribution in [1.82, 2.24) is 15.0 Å². The van der Waals surface area contributed by atoms with E-state index in [1.165, 1.54) is 12.5 Å². The normalized spacial score (nSPS) is 10.1. The molecule has 3 aromatic rings. The summed E-state index contributed by atoms with van der Waals surface area (Å²) in [4.78, 5) is 15.3. The van der Waals surface area contributed by atoms with Gasteiger partial charge in [-0.1, -0.05) is 23.7 Å². The van der Waals surface area contributed by atoms with Gasteiger partial charge in [0.25, 0.3) is 0 Å². The van der Waals surface area contributed by atoms with E-state index in [0.29, 0.717) is 28.3 Å². The van der Waals surface area contributed by atoms with Crippen molar-refractivity contribution in [2.75, 3.05) is 11.9 Å². The predicted octanol–water partition coefficient (Wildman–Crippen LogP) is 4.52. The summed E-state index contributed by atoms with van der Waals surface area (Å²) in [7, 11) is 0. The maximum Gasteiger partial charge on any atom is 0.216 e. The Balaban J connectivity index is 1.52. The molecule has 0 saturated carbocycles. The van der Waals surface area contributed by atoms with Gasteiger partial charge in [-0.05, 0) is 36.2 Å². The molecule has 7 heteroatoms. The minimum atomic E-state index is 0.414. The van der Waals surface area contributed by atoms with Crippen molar-refractivity contribution in [3.05, 3.63) is 77.1 Å². The standard InChI is InChI=1S/C18H14ClN5O/c1-20-14-4-7-18(22-11-14)25-15-5-2-13(3-6-15)8-9-21-17-10-16(19)23-12-24-17/h2-7,10-12H,8-9H2,(H,21,23,24). The number of benzene rings is 1. The van der Waals surface area contributed by atoms with Crippen LogP contribution in [0.15, 0.2) is 55.0 Å². The average molecular weight is 352 g/mol. The second-order valence-electron chi connectivity index (χ2n) is 5.12. The van der Waals surface area contributed by atoms with E-state index in [1.54, 1.807) is 18.2 Å². The van der Waals surface area contributed by atoms with Crippen molar-refractivity contribution in [2.24, 2.45) is 0 Å². The van der Waals surface area contributed by atoms with Crippen LogP contribution in [0.2, 0.25) is 5.15 Å². The number of anilines is 1. The molecule has 0 spiro atoms. The Hall–Kier alpha value is -3.17. The van der Waals surface area contributed by atoms with Crippen molar-refractivity contribution < 1.29 is 4.74 Å². The molecule has 0 atom stereocenters. The van der Waals surface area contributed by atoms with Gasteiger partial charge in [-0.2, -0.15) is 0 Å². The van der Waals surface area contributed by atoms with Crippen LogP contribution in [0.4, 0.5) is 11.5 Å². The van der Waals surface area contributed by atoms with Crippen LogP contribution in [-0.2, 0) is 6.42 Å². The molecule has 0 amide bonds. The van der Waals surface area contributed by atoms with E-state index in [4.69, 9.17) is 22.9 Å². The lowest BCUT2D eigenvalue weighted by atomic mass is 10.1. The molecule has 0 aliphatic carbocycles. The number of hydrogen-bond acceptors (Lipinski definition) is 5. The smallest absolute Gasteiger partial charge is 0.216 e. The summed E-state index contributed by atoms with van der Waals surface area (Å²) in [6.07, 6.45) is 3.75. The molecule has 0 aliphatic rings. The highest BCUT2D eigenvalue weighted by atomic mass is 35.5. The van der Waals surface area contributed by atoms with Gasteiger partial charge >= 0.3 is 0 Å². The van der Waals surface area contributed by atoms with Crippen LogP contribution >= 0.6 is 11.6 Å². The molecule has 1 aromatic carbocycles. The summed E-state index contributed by atoms with van der Waals surface area (Å²) in [6.45, 7) is 7.63. The number of aromatic nitrogens is 3. The Labute approximate surface area is 150 Å². The minimum absolute atomic E-state index is 0.414. The Morgan fingerprint density at radius 3 is 2.60 bits per heavy atom. The van der Waals surface area contributed by atoms with Gasteiger partial charge in [0.2, 0.25) is 11.6 Å². The SMILES string of the molecule is [C-]#[N+]c1ccc(Oc2ccc(CCNc3cc(Cl)ncn3)cc2)nc1. The van der Waals surface area contributed by atoms with Gasteiger partial charge in [0, 0.05) is 18.8 Å². The maximum absolute atomic E-state index is 6.91. The van der Waals surface area contributed by atoms with Crippen molar-refractivity contribution >= 4 is 23.1 Å². The Morgan fingerprint density at radius 2 is 1.92 bits per heavy atom. The van der Waals surface area contributed by atoms with Crippen LogP contribution in [0.3, 0.4) is 0 Å². The van der Waals surface area contributed by atoms with Crippen LogP contribution in [0.25, 0.3) is 4.85 Å². The number of nitrogens with zero attached hydrogens (tertiary/aromatic N) is 4. The zero-order chi connectivity index (χ0) is 17.5. The van der Waals surface area contributed by atoms with Gasteiger partial charge in [0.15, 0.2) is 0 Å². The first-order chi connectivity index (χ1) is 12.2. The zero-order valence-electron chi connectivity index (χ0n) is 13.2. The number of halogens is 1. The molecule has 25 heavy (non-hydrogen) atoms. The lowest BCUT2D eigenvalue weighted by Gasteiger charge is -2.07. The number of ether oxygens (including phenoxy) is 1. The quantitative estimate of drug-likeness (QED) is 0.522. The molecule has 1 N–H and O–H groups in total. The molecule has 0 bridgehead atoms. The van der Waals surface area contributed by atoms with E-state index < -0.39 is 0 Å². The van der Waals surface area contributed by atoms with Gasteiger partial charge in [-0.3, -0.25) is 0 Å². The zero-order valence-corrected chi connectivity index (χ0v) is 13.9. The minimum Gasteiger partial charge on any atom is -0.439 e. The highest BCUT2D eigenvalue weighted by Crippen LogP contribution is 2.22. The fourth-order valence-electron chi connectivity index (χ4n) is 2.11. The van der Waals surface area contributed by atoms with Crippen molar-refractivity contribution in [3.63, 3.8) is 0 Å². The van der Waals surface area contributed by atoms with Crippen LogP contribution in [0.1, 0.15) is 5.56 Å². The highest BCUT2D eigenvalue weighted by Gasteiger charge is 2.01. The first-order valence-corrected chi connectivity index (χ1v) is 7.92. The second-order valence-corrected chi connectivity index (χ2v) is 5.50. The first-order valence-electron chi connectivity index (χ1n) is 7.55. The second kappa shape index (κ2) is 8.08. The van der Waals surface area contributed by atoms with E-state index in [-0.39, 0.29) is 0 Å². The van der Waals surface area contributed by atoms with E-state index in [2.05, 4.69) is 25.1 Å². The molecule has 0 aliphatic heterocycles. The van der Waals surface area contributed by atoms with Crippen molar-refractivity contribution in [2.45, 2.75) is 6.42 Å². The summed E-state index contributed by atoms with van der Waals surface area (Å²) < 4.78 is 5.66. The van der Waals surface area contributed by atoms with E-state index in [0.717, 1.165) is 18.5 Å². The van der Waals surface area contributed by atoms with Crippen molar-refractivity contribution in [1.29, 1.82) is 0 Å². The molecule has 0 saturated heterocycles. The Kier molecular flexibility index (Phi) is 5.39. The summed E-state index contributed by atoms with van der Waals surface area (Å²) >= 11 is 5.82. The summed E-state index contributed by atoms with van der Waals surface area (Å²) in [5.74, 6) is 1.86. The molecular weight excluding hydrogens is 338 g/mol. The Bertz CT molecular complexity index is 875. The van der Waals surface area contributed by atoms with E-state index in [1.807, 2.05) is 24.3 Å². The van der Waals surface area contributed by atoms with Crippen molar-refractivity contribution in [3.8, 4) is 11.6 Å². The fraction of sp³-hybridized carbons (Fsp3) is 0.111. The monoisotopic (exact) mass is 351 g/mol. The third-order valence-electron chi connectivity index (χ3n) is 3.35. The third-order valence-corrected chi connectivity index (χ3v) is 3.56. The van der Waals surface area contributed by atoms with Gasteiger partial charge < -0.3 is 10.1 Å². The molecule has 0 radical (unpaired) electrons. The molecule has 3 rings (SSSR count). The highest BCUT2D eigenvalue weighted by molar-refractivity contribution is 6.29. The van der Waals surface area contributed by atoms with Gasteiger partial charge in [0.05, 0.1) is 6.57 Å². The molecule has 2 heterocycles. The average Bonchev–Trinajstić information content (AvgIpc) is 2.64. The topological polar surface area (TPSA) is 64.3 Å². The van der Waals surface area contributed by atoms with Crippen LogP contribution in [0, 0.1) is 6.57 Å². The lowest BCUT2D eigenvalue weighted by molar-refractivity contribution is 0.463. The molecule has 124 valence electrons. The number of hydrogen-bond donors (Lipinski definition) is 1. The van der Waals surface area contributed by atoms with Crippen LogP contribution < -0.4 is 10.1 Å². The van der Waals surface area contributed by atoms with Gasteiger partial charge in [-0.15, -0.1) is 0 Å². The molecule has 6 nitrogen and oxygen atoms in total. The third kappa shape index (κ3) is 4.90. The predicted molar refractivity (Wildman–Crippen MR) is 96.3 cm³/mol. The summed E-state index contributed by atoms with van der Waals surface area (Å²) in [6, 6.07) is 12.8. The number of rotatable bonds is 6. The number of pyridine rings is 1. The summed E-state index contributed by atoms with van der Waals surface area (Å²) in [5, 5.41) is 3.61. The molecule has 2 aromatic heterocycles.